The van der Waals surface area contributed by atoms with Crippen molar-refractivity contribution in [3.63, 3.8) is 0 Å². The van der Waals surface area contributed by atoms with Gasteiger partial charge in [0.2, 0.25) is 0 Å². The Morgan fingerprint density at radius 2 is 0.875 bits per heavy atom. The number of fused-ring (bicyclic) bond motifs is 22. The summed E-state index contributed by atoms with van der Waals surface area (Å²) >= 11 is 3.81. The van der Waals surface area contributed by atoms with Gasteiger partial charge < -0.3 is 8.80 Å². The van der Waals surface area contributed by atoms with Gasteiger partial charge in [0.1, 0.15) is 0 Å². The number of benzene rings is 8. The summed E-state index contributed by atoms with van der Waals surface area (Å²) in [6.07, 6.45) is 2.30. The van der Waals surface area contributed by atoms with Gasteiger partial charge in [-0.15, -0.1) is 22.7 Å². The standard InChI is InChI=1S/C52H28N2S2/c1-2-12-31-30(11-1)28-53-44-18-8-5-13-32(44)39-26-48-41(25-42(39)51(31)53)35-22-21-29(23-47(35)56-48)50-36-16-3-4-17-37(36)52-43-27-49-40(34-15-7-10-20-46(34)55-49)24-38(43)33-14-6-9-19-45(33)54(50)52/h1-28H. The van der Waals surface area contributed by atoms with Gasteiger partial charge in [-0.05, 0) is 59.3 Å². The van der Waals surface area contributed by atoms with Gasteiger partial charge in [-0.25, -0.2) is 0 Å². The average Bonchev–Trinajstić information content (AvgIpc) is 4.01. The molecule has 14 aromatic rings. The van der Waals surface area contributed by atoms with Crippen molar-refractivity contribution in [1.29, 1.82) is 0 Å². The molecule has 0 aliphatic carbocycles. The van der Waals surface area contributed by atoms with Crippen molar-refractivity contribution in [2.75, 3.05) is 0 Å². The second-order valence-corrected chi connectivity index (χ2v) is 17.4. The molecule has 6 heterocycles. The summed E-state index contributed by atoms with van der Waals surface area (Å²) in [4.78, 5) is 0. The number of hydrogen-bond acceptors (Lipinski definition) is 2. The van der Waals surface area contributed by atoms with Crippen molar-refractivity contribution in [3.8, 4) is 11.3 Å². The molecule has 6 aromatic heterocycles. The molecular formula is C52H28N2S2. The van der Waals surface area contributed by atoms with E-state index < -0.39 is 0 Å². The van der Waals surface area contributed by atoms with Crippen LogP contribution in [0.3, 0.4) is 0 Å². The Labute approximate surface area is 327 Å². The van der Waals surface area contributed by atoms with E-state index in [1.165, 1.54) is 128 Å². The fourth-order valence-electron chi connectivity index (χ4n) is 10.0. The highest BCUT2D eigenvalue weighted by Gasteiger charge is 2.22. The summed E-state index contributed by atoms with van der Waals surface area (Å²) in [5.74, 6) is 0. The van der Waals surface area contributed by atoms with E-state index in [2.05, 4.69) is 179 Å². The molecule has 14 rings (SSSR count). The van der Waals surface area contributed by atoms with Crippen LogP contribution in [-0.2, 0) is 0 Å². The maximum atomic E-state index is 2.56. The molecular weight excluding hydrogens is 717 g/mol. The minimum Gasteiger partial charge on any atom is -0.315 e. The molecule has 0 radical (unpaired) electrons. The largest absolute Gasteiger partial charge is 0.315 e. The Morgan fingerprint density at radius 1 is 0.321 bits per heavy atom. The summed E-state index contributed by atoms with van der Waals surface area (Å²) in [5, 5.41) is 18.2. The van der Waals surface area contributed by atoms with Gasteiger partial charge >= 0.3 is 0 Å². The number of rotatable bonds is 1. The van der Waals surface area contributed by atoms with Gasteiger partial charge in [-0.3, -0.25) is 0 Å². The van der Waals surface area contributed by atoms with Gasteiger partial charge in [-0.1, -0.05) is 115 Å². The second kappa shape index (κ2) is 10.5. The number of hydrogen-bond donors (Lipinski definition) is 0. The normalized spacial score (nSPS) is 12.6. The Kier molecular flexibility index (Phi) is 5.56. The number of pyridine rings is 2. The third-order valence-electron chi connectivity index (χ3n) is 12.4. The SMILES string of the molecule is c1ccc2c(c1)cn1c3ccccc3c3cc4sc5cc(-c6c7ccccc7c7c8cc9sc%10ccccc%10c9cc8c8ccccc8n67)ccc5c4cc3c21. The Morgan fingerprint density at radius 3 is 1.71 bits per heavy atom. The lowest BCUT2D eigenvalue weighted by Gasteiger charge is -2.13. The third kappa shape index (κ3) is 3.71. The second-order valence-electron chi connectivity index (χ2n) is 15.2. The fraction of sp³-hybridized carbons (Fsp3) is 0. The first-order chi connectivity index (χ1) is 27.8. The van der Waals surface area contributed by atoms with Crippen LogP contribution in [0.1, 0.15) is 0 Å². The quantitative estimate of drug-likeness (QED) is 0.148. The van der Waals surface area contributed by atoms with E-state index in [0.717, 1.165) is 0 Å². The first-order valence-electron chi connectivity index (χ1n) is 19.2. The Hall–Kier alpha value is -6.72. The zero-order chi connectivity index (χ0) is 36.2. The lowest BCUT2D eigenvalue weighted by molar-refractivity contribution is 1.29. The molecule has 0 fully saturated rings. The highest BCUT2D eigenvalue weighted by atomic mass is 32.1. The summed E-state index contributed by atoms with van der Waals surface area (Å²) in [6, 6.07) is 61.5. The van der Waals surface area contributed by atoms with E-state index >= 15 is 0 Å². The average molecular weight is 745 g/mol. The predicted molar refractivity (Wildman–Crippen MR) is 245 cm³/mol. The topological polar surface area (TPSA) is 8.82 Å². The number of aromatic nitrogens is 2. The molecule has 0 saturated heterocycles. The van der Waals surface area contributed by atoms with Crippen molar-refractivity contribution >= 4 is 139 Å². The highest BCUT2D eigenvalue weighted by Crippen LogP contribution is 2.47. The van der Waals surface area contributed by atoms with Crippen LogP contribution in [0.15, 0.2) is 170 Å². The smallest absolute Gasteiger partial charge is 0.0620 e. The summed E-state index contributed by atoms with van der Waals surface area (Å²) in [7, 11) is 0. The number of thiophene rings is 2. The van der Waals surface area contributed by atoms with Crippen LogP contribution in [-0.4, -0.2) is 8.80 Å². The molecule has 8 aromatic carbocycles. The molecule has 0 N–H and O–H groups in total. The first kappa shape index (κ1) is 29.6. The van der Waals surface area contributed by atoms with E-state index in [-0.39, 0.29) is 0 Å². The maximum Gasteiger partial charge on any atom is 0.0620 e. The minimum atomic E-state index is 1.23. The van der Waals surface area contributed by atoms with Gasteiger partial charge in [0.05, 0.1) is 27.8 Å². The molecule has 2 nitrogen and oxygen atoms in total. The predicted octanol–water partition coefficient (Wildman–Crippen LogP) is 15.5. The van der Waals surface area contributed by atoms with Crippen LogP contribution in [0.4, 0.5) is 0 Å². The molecule has 0 bridgehead atoms. The van der Waals surface area contributed by atoms with E-state index in [0.29, 0.717) is 0 Å². The fourth-order valence-corrected chi connectivity index (χ4v) is 12.3. The molecule has 0 saturated carbocycles. The lowest BCUT2D eigenvalue weighted by Crippen LogP contribution is -1.93. The third-order valence-corrected chi connectivity index (χ3v) is 14.7. The minimum absolute atomic E-state index is 1.23. The van der Waals surface area contributed by atoms with Crippen LogP contribution >= 0.6 is 22.7 Å². The van der Waals surface area contributed by atoms with E-state index in [4.69, 9.17) is 0 Å². The molecule has 0 atom stereocenters. The van der Waals surface area contributed by atoms with Crippen molar-refractivity contribution < 1.29 is 0 Å². The molecule has 0 amide bonds. The monoisotopic (exact) mass is 744 g/mol. The zero-order valence-corrected chi connectivity index (χ0v) is 31.5. The van der Waals surface area contributed by atoms with Crippen LogP contribution < -0.4 is 0 Å². The molecule has 0 aliphatic heterocycles. The van der Waals surface area contributed by atoms with E-state index in [9.17, 15) is 0 Å². The lowest BCUT2D eigenvalue weighted by atomic mass is 10.00. The van der Waals surface area contributed by atoms with E-state index in [1.807, 2.05) is 22.7 Å². The van der Waals surface area contributed by atoms with Gasteiger partial charge in [0.15, 0.2) is 0 Å². The van der Waals surface area contributed by atoms with Gasteiger partial charge in [-0.2, -0.15) is 0 Å². The first-order valence-corrected chi connectivity index (χ1v) is 20.8. The van der Waals surface area contributed by atoms with Crippen LogP contribution in [0.5, 0.6) is 0 Å². The number of para-hydroxylation sites is 2. The summed E-state index contributed by atoms with van der Waals surface area (Å²) < 4.78 is 10.3. The van der Waals surface area contributed by atoms with Crippen molar-refractivity contribution in [3.05, 3.63) is 170 Å². The Bertz CT molecular complexity index is 4060. The van der Waals surface area contributed by atoms with Gasteiger partial charge in [0.25, 0.3) is 0 Å². The summed E-state index contributed by atoms with van der Waals surface area (Å²) in [6.45, 7) is 0. The summed E-state index contributed by atoms with van der Waals surface area (Å²) in [5.41, 5.74) is 7.53. The van der Waals surface area contributed by atoms with Crippen molar-refractivity contribution in [1.82, 2.24) is 8.80 Å². The van der Waals surface area contributed by atoms with Gasteiger partial charge in [0, 0.05) is 95.2 Å². The molecule has 0 unspecified atom stereocenters. The molecule has 4 heteroatoms. The highest BCUT2D eigenvalue weighted by molar-refractivity contribution is 7.26. The zero-order valence-electron chi connectivity index (χ0n) is 29.9. The van der Waals surface area contributed by atoms with Crippen molar-refractivity contribution in [2.45, 2.75) is 0 Å². The molecule has 258 valence electrons. The van der Waals surface area contributed by atoms with E-state index in [1.54, 1.807) is 0 Å². The molecule has 0 spiro atoms. The van der Waals surface area contributed by atoms with Crippen LogP contribution in [0.25, 0.3) is 128 Å². The Balaban J connectivity index is 1.08. The number of nitrogens with zero attached hydrogens (tertiary/aromatic N) is 2. The van der Waals surface area contributed by atoms with Crippen LogP contribution in [0.2, 0.25) is 0 Å². The molecule has 0 aliphatic rings. The maximum absolute atomic E-state index is 2.56. The molecule has 56 heavy (non-hydrogen) atoms. The van der Waals surface area contributed by atoms with Crippen molar-refractivity contribution in [2.24, 2.45) is 0 Å². The van der Waals surface area contributed by atoms with Crippen LogP contribution in [0, 0.1) is 0 Å².